The summed E-state index contributed by atoms with van der Waals surface area (Å²) in [5, 5.41) is 0. The fourth-order valence-corrected chi connectivity index (χ4v) is 2.45. The van der Waals surface area contributed by atoms with Gasteiger partial charge in [0.25, 0.3) is 0 Å². The first-order valence-corrected chi connectivity index (χ1v) is 7.47. The molecule has 0 aromatic heterocycles. The fraction of sp³-hybridized carbons (Fsp3) is 0.500. The largest absolute Gasteiger partial charge is 0.491 e. The Morgan fingerprint density at radius 3 is 2.72 bits per heavy atom. The highest BCUT2D eigenvalue weighted by Crippen LogP contribution is 2.33. The lowest BCUT2D eigenvalue weighted by Crippen LogP contribution is -2.18. The smallest absolute Gasteiger partial charge is 0.240 e. The second kappa shape index (κ2) is 5.16. The lowest BCUT2D eigenvalue weighted by molar-refractivity contribution is 0.304. The maximum Gasteiger partial charge on any atom is 0.240 e. The predicted molar refractivity (Wildman–Crippen MR) is 69.9 cm³/mol. The molecule has 3 N–H and O–H groups in total. The second-order valence-electron chi connectivity index (χ2n) is 4.49. The van der Waals surface area contributed by atoms with Crippen LogP contribution in [0.2, 0.25) is 0 Å². The number of hydrogen-bond acceptors (Lipinski definition) is 4. The van der Waals surface area contributed by atoms with E-state index >= 15 is 0 Å². The van der Waals surface area contributed by atoms with E-state index in [2.05, 4.69) is 4.72 Å². The third-order valence-corrected chi connectivity index (χ3v) is 4.45. The minimum absolute atomic E-state index is 0.150. The molecule has 5 nitrogen and oxygen atoms in total. The zero-order valence-electron chi connectivity index (χ0n) is 10.3. The number of ether oxygens (including phenoxy) is 1. The SMILES string of the molecule is CNS(=O)(=O)c1ccc(OCCC2CC2)c(N)c1. The molecule has 1 aromatic carbocycles. The Bertz CT molecular complexity index is 524. The highest BCUT2D eigenvalue weighted by Gasteiger charge is 2.21. The third kappa shape index (κ3) is 3.14. The number of rotatable bonds is 6. The molecule has 0 atom stereocenters. The molecule has 2 rings (SSSR count). The fourth-order valence-electron chi connectivity index (χ4n) is 1.69. The van der Waals surface area contributed by atoms with Gasteiger partial charge < -0.3 is 10.5 Å². The average molecular weight is 270 g/mol. The van der Waals surface area contributed by atoms with Crippen molar-refractivity contribution in [3.8, 4) is 5.75 Å². The van der Waals surface area contributed by atoms with Gasteiger partial charge in [-0.3, -0.25) is 0 Å². The van der Waals surface area contributed by atoms with Gasteiger partial charge in [-0.1, -0.05) is 12.8 Å². The molecular weight excluding hydrogens is 252 g/mol. The van der Waals surface area contributed by atoms with Gasteiger partial charge in [-0.15, -0.1) is 0 Å². The molecule has 0 saturated heterocycles. The van der Waals surface area contributed by atoms with Crippen molar-refractivity contribution in [1.82, 2.24) is 4.72 Å². The number of nitrogens with two attached hydrogens (primary N) is 1. The number of anilines is 1. The van der Waals surface area contributed by atoms with Crippen LogP contribution < -0.4 is 15.2 Å². The molecule has 0 bridgehead atoms. The van der Waals surface area contributed by atoms with E-state index in [9.17, 15) is 8.42 Å². The molecule has 0 spiro atoms. The van der Waals surface area contributed by atoms with E-state index in [0.717, 1.165) is 12.3 Å². The maximum atomic E-state index is 11.6. The van der Waals surface area contributed by atoms with Crippen molar-refractivity contribution in [2.45, 2.75) is 24.2 Å². The predicted octanol–water partition coefficient (Wildman–Crippen LogP) is 1.36. The van der Waals surface area contributed by atoms with E-state index in [1.54, 1.807) is 6.07 Å². The molecule has 1 saturated carbocycles. The molecule has 0 amide bonds. The first-order valence-electron chi connectivity index (χ1n) is 5.99. The molecule has 1 aromatic rings. The van der Waals surface area contributed by atoms with Gasteiger partial charge in [-0.05, 0) is 37.6 Å². The number of nitrogen functional groups attached to an aromatic ring is 1. The Morgan fingerprint density at radius 1 is 1.44 bits per heavy atom. The van der Waals surface area contributed by atoms with Gasteiger partial charge in [0.15, 0.2) is 0 Å². The minimum atomic E-state index is -3.45. The summed E-state index contributed by atoms with van der Waals surface area (Å²) in [5.41, 5.74) is 6.14. The summed E-state index contributed by atoms with van der Waals surface area (Å²) in [6.07, 6.45) is 3.62. The van der Waals surface area contributed by atoms with Crippen molar-refractivity contribution < 1.29 is 13.2 Å². The molecule has 0 heterocycles. The van der Waals surface area contributed by atoms with Crippen LogP contribution in [0.25, 0.3) is 0 Å². The van der Waals surface area contributed by atoms with E-state index < -0.39 is 10.0 Å². The van der Waals surface area contributed by atoms with Gasteiger partial charge in [0.1, 0.15) is 5.75 Å². The van der Waals surface area contributed by atoms with Crippen LogP contribution in [0, 0.1) is 5.92 Å². The van der Waals surface area contributed by atoms with Crippen LogP contribution in [-0.4, -0.2) is 22.1 Å². The number of sulfonamides is 1. The summed E-state index contributed by atoms with van der Waals surface area (Å²) in [6, 6.07) is 4.51. The zero-order valence-corrected chi connectivity index (χ0v) is 11.2. The quantitative estimate of drug-likeness (QED) is 0.765. The van der Waals surface area contributed by atoms with Gasteiger partial charge in [-0.2, -0.15) is 0 Å². The summed E-state index contributed by atoms with van der Waals surface area (Å²) in [5.74, 6) is 1.35. The topological polar surface area (TPSA) is 81.4 Å². The van der Waals surface area contributed by atoms with Crippen molar-refractivity contribution in [2.75, 3.05) is 19.4 Å². The summed E-state index contributed by atoms with van der Waals surface area (Å²) in [7, 11) is -2.08. The van der Waals surface area contributed by atoms with Crippen LogP contribution in [-0.2, 0) is 10.0 Å². The van der Waals surface area contributed by atoms with Crippen molar-refractivity contribution >= 4 is 15.7 Å². The highest BCUT2D eigenvalue weighted by molar-refractivity contribution is 7.89. The summed E-state index contributed by atoms with van der Waals surface area (Å²) >= 11 is 0. The van der Waals surface area contributed by atoms with Crippen molar-refractivity contribution in [3.63, 3.8) is 0 Å². The van der Waals surface area contributed by atoms with E-state index in [4.69, 9.17) is 10.5 Å². The first-order chi connectivity index (χ1) is 8.53. The molecule has 0 radical (unpaired) electrons. The summed E-state index contributed by atoms with van der Waals surface area (Å²) in [6.45, 7) is 0.632. The molecule has 1 aliphatic carbocycles. The van der Waals surface area contributed by atoms with E-state index in [1.165, 1.54) is 32.0 Å². The summed E-state index contributed by atoms with van der Waals surface area (Å²) < 4.78 is 30.9. The van der Waals surface area contributed by atoms with Crippen LogP contribution in [0.4, 0.5) is 5.69 Å². The Labute approximate surface area is 107 Å². The average Bonchev–Trinajstić information content (AvgIpc) is 3.15. The molecule has 0 aliphatic heterocycles. The molecule has 1 fully saturated rings. The molecule has 100 valence electrons. The maximum absolute atomic E-state index is 11.6. The Kier molecular flexibility index (Phi) is 3.77. The van der Waals surface area contributed by atoms with Gasteiger partial charge in [0.05, 0.1) is 17.2 Å². The lowest BCUT2D eigenvalue weighted by atomic mass is 10.3. The third-order valence-electron chi connectivity index (χ3n) is 3.04. The van der Waals surface area contributed by atoms with E-state index in [-0.39, 0.29) is 4.90 Å². The number of benzene rings is 1. The minimum Gasteiger partial charge on any atom is -0.491 e. The Balaban J connectivity index is 2.04. The number of hydrogen-bond donors (Lipinski definition) is 2. The zero-order chi connectivity index (χ0) is 13.2. The van der Waals surface area contributed by atoms with Crippen LogP contribution in [0.15, 0.2) is 23.1 Å². The normalized spacial score (nSPS) is 15.6. The van der Waals surface area contributed by atoms with Crippen molar-refractivity contribution in [1.29, 1.82) is 0 Å². The molecule has 0 unspecified atom stereocenters. The molecule has 1 aliphatic rings. The van der Waals surface area contributed by atoms with Gasteiger partial charge in [0, 0.05) is 0 Å². The van der Waals surface area contributed by atoms with Gasteiger partial charge in [-0.25, -0.2) is 13.1 Å². The van der Waals surface area contributed by atoms with Gasteiger partial charge in [0.2, 0.25) is 10.0 Å². The van der Waals surface area contributed by atoms with Crippen LogP contribution in [0.1, 0.15) is 19.3 Å². The monoisotopic (exact) mass is 270 g/mol. The Hall–Kier alpha value is -1.27. The molecule has 18 heavy (non-hydrogen) atoms. The van der Waals surface area contributed by atoms with Crippen LogP contribution >= 0.6 is 0 Å². The molecular formula is C12H18N2O3S. The highest BCUT2D eigenvalue weighted by atomic mass is 32.2. The van der Waals surface area contributed by atoms with E-state index in [1.807, 2.05) is 0 Å². The second-order valence-corrected chi connectivity index (χ2v) is 6.37. The standard InChI is InChI=1S/C12H18N2O3S/c1-14-18(15,16)10-4-5-12(11(13)8-10)17-7-6-9-2-3-9/h4-5,8-9,14H,2-3,6-7,13H2,1H3. The van der Waals surface area contributed by atoms with Crippen LogP contribution in [0.5, 0.6) is 5.75 Å². The van der Waals surface area contributed by atoms with Gasteiger partial charge >= 0.3 is 0 Å². The van der Waals surface area contributed by atoms with Crippen LogP contribution in [0.3, 0.4) is 0 Å². The first kappa shape index (κ1) is 13.2. The Morgan fingerprint density at radius 2 is 2.17 bits per heavy atom. The van der Waals surface area contributed by atoms with Crippen molar-refractivity contribution in [2.24, 2.45) is 5.92 Å². The summed E-state index contributed by atoms with van der Waals surface area (Å²) in [4.78, 5) is 0.150. The number of nitrogens with one attached hydrogen (secondary N) is 1. The lowest BCUT2D eigenvalue weighted by Gasteiger charge is -2.10. The van der Waals surface area contributed by atoms with E-state index in [0.29, 0.717) is 18.0 Å². The van der Waals surface area contributed by atoms with Crippen molar-refractivity contribution in [3.05, 3.63) is 18.2 Å². The molecule has 6 heteroatoms.